The van der Waals surface area contributed by atoms with Gasteiger partial charge in [-0.15, -0.1) is 5.10 Å². The summed E-state index contributed by atoms with van der Waals surface area (Å²) in [6, 6.07) is 0. The van der Waals surface area contributed by atoms with Crippen LogP contribution in [0.1, 0.15) is 37.1 Å². The van der Waals surface area contributed by atoms with Crippen LogP contribution in [-0.2, 0) is 9.59 Å². The first-order chi connectivity index (χ1) is 9.47. The zero-order valence-electron chi connectivity index (χ0n) is 11.6. The van der Waals surface area contributed by atoms with Gasteiger partial charge in [-0.2, -0.15) is 5.10 Å². The summed E-state index contributed by atoms with van der Waals surface area (Å²) in [6.45, 7) is 3.58. The number of carboxylic acid groups (broad SMARTS) is 1. The molecule has 0 spiro atoms. The molecular weight excluding hydrogens is 260 g/mol. The molecule has 1 saturated carbocycles. The van der Waals surface area contributed by atoms with Gasteiger partial charge in [0.05, 0.1) is 17.3 Å². The molecule has 1 aliphatic carbocycles. The van der Waals surface area contributed by atoms with E-state index in [0.29, 0.717) is 30.7 Å². The molecule has 0 aliphatic heterocycles. The van der Waals surface area contributed by atoms with Crippen LogP contribution < -0.4 is 5.32 Å². The first kappa shape index (κ1) is 14.4. The molecule has 0 aromatic carbocycles. The molecule has 2 N–H and O–H groups in total. The topological polar surface area (TPSA) is 105 Å². The first-order valence-electron chi connectivity index (χ1n) is 6.69. The Labute approximate surface area is 116 Å². The Kier molecular flexibility index (Phi) is 4.26. The van der Waals surface area contributed by atoms with E-state index in [0.717, 1.165) is 6.42 Å². The quantitative estimate of drug-likeness (QED) is 0.863. The maximum atomic E-state index is 12.1. The van der Waals surface area contributed by atoms with E-state index in [1.54, 1.807) is 13.8 Å². The van der Waals surface area contributed by atoms with Gasteiger partial charge in [0.2, 0.25) is 11.9 Å². The van der Waals surface area contributed by atoms with Crippen LogP contribution in [0.15, 0.2) is 0 Å². The van der Waals surface area contributed by atoms with Crippen molar-refractivity contribution < 1.29 is 14.7 Å². The maximum absolute atomic E-state index is 12.1. The molecular formula is C13H18N4O3. The van der Waals surface area contributed by atoms with Gasteiger partial charge < -0.3 is 5.11 Å². The Hall–Kier alpha value is -2.05. The van der Waals surface area contributed by atoms with Crippen LogP contribution in [0.5, 0.6) is 0 Å². The third kappa shape index (κ3) is 3.28. The molecule has 2 atom stereocenters. The van der Waals surface area contributed by atoms with Crippen molar-refractivity contribution in [3.8, 4) is 0 Å². The number of carboxylic acids is 1. The normalized spacial score (nSPS) is 22.3. The SMILES string of the molecule is Cc1nnc(NC(=O)C2CCCC(C(=O)O)C2)nc1C. The number of rotatable bonds is 3. The highest BCUT2D eigenvalue weighted by Crippen LogP contribution is 2.29. The molecule has 1 aromatic heterocycles. The molecule has 20 heavy (non-hydrogen) atoms. The van der Waals surface area contributed by atoms with Gasteiger partial charge >= 0.3 is 5.97 Å². The van der Waals surface area contributed by atoms with Gasteiger partial charge in [-0.1, -0.05) is 6.42 Å². The second-order valence-corrected chi connectivity index (χ2v) is 5.19. The second kappa shape index (κ2) is 5.94. The van der Waals surface area contributed by atoms with Crippen molar-refractivity contribution in [2.45, 2.75) is 39.5 Å². The number of carbonyl (C=O) groups excluding carboxylic acids is 1. The molecule has 2 rings (SSSR count). The lowest BCUT2D eigenvalue weighted by Crippen LogP contribution is -2.31. The van der Waals surface area contributed by atoms with Crippen LogP contribution in [0.2, 0.25) is 0 Å². The van der Waals surface area contributed by atoms with E-state index in [1.165, 1.54) is 0 Å². The lowest BCUT2D eigenvalue weighted by Gasteiger charge is -2.25. The van der Waals surface area contributed by atoms with Crippen molar-refractivity contribution in [1.29, 1.82) is 0 Å². The Morgan fingerprint density at radius 3 is 2.50 bits per heavy atom. The van der Waals surface area contributed by atoms with Crippen LogP contribution in [0, 0.1) is 25.7 Å². The van der Waals surface area contributed by atoms with Gasteiger partial charge in [0.1, 0.15) is 0 Å². The number of aryl methyl sites for hydroxylation is 2. The molecule has 7 heteroatoms. The summed E-state index contributed by atoms with van der Waals surface area (Å²) < 4.78 is 0. The molecule has 1 aliphatic rings. The average molecular weight is 278 g/mol. The van der Waals surface area contributed by atoms with Gasteiger partial charge in [-0.25, -0.2) is 4.98 Å². The number of amides is 1. The Balaban J connectivity index is 2.00. The summed E-state index contributed by atoms with van der Waals surface area (Å²) in [5, 5.41) is 19.4. The Morgan fingerprint density at radius 2 is 1.85 bits per heavy atom. The highest BCUT2D eigenvalue weighted by atomic mass is 16.4. The molecule has 108 valence electrons. The molecule has 1 heterocycles. The minimum absolute atomic E-state index is 0.176. The fourth-order valence-electron chi connectivity index (χ4n) is 2.37. The van der Waals surface area contributed by atoms with E-state index >= 15 is 0 Å². The van der Waals surface area contributed by atoms with E-state index in [-0.39, 0.29) is 17.8 Å². The number of aromatic nitrogens is 3. The van der Waals surface area contributed by atoms with E-state index in [4.69, 9.17) is 5.11 Å². The Bertz CT molecular complexity index is 532. The summed E-state index contributed by atoms with van der Waals surface area (Å²) in [4.78, 5) is 27.3. The predicted molar refractivity (Wildman–Crippen MR) is 71.0 cm³/mol. The largest absolute Gasteiger partial charge is 0.481 e. The number of nitrogens with one attached hydrogen (secondary N) is 1. The third-order valence-electron chi connectivity index (χ3n) is 3.72. The van der Waals surface area contributed by atoms with Crippen LogP contribution in [0.3, 0.4) is 0 Å². The van der Waals surface area contributed by atoms with Crippen molar-refractivity contribution in [2.24, 2.45) is 11.8 Å². The lowest BCUT2D eigenvalue weighted by molar-refractivity contribution is -0.143. The van der Waals surface area contributed by atoms with Crippen molar-refractivity contribution in [3.63, 3.8) is 0 Å². The molecule has 1 aromatic rings. The highest BCUT2D eigenvalue weighted by molar-refractivity contribution is 5.91. The molecule has 0 radical (unpaired) electrons. The molecule has 1 fully saturated rings. The standard InChI is InChI=1S/C13H18N4O3/c1-7-8(2)16-17-13(14-7)15-11(18)9-4-3-5-10(6-9)12(19)20/h9-10H,3-6H2,1-2H3,(H,19,20)(H,14,15,17,18). The van der Waals surface area contributed by atoms with E-state index < -0.39 is 11.9 Å². The number of anilines is 1. The number of aliphatic carboxylic acids is 1. The molecule has 0 saturated heterocycles. The van der Waals surface area contributed by atoms with Crippen LogP contribution in [0.25, 0.3) is 0 Å². The monoisotopic (exact) mass is 278 g/mol. The first-order valence-corrected chi connectivity index (χ1v) is 6.69. The highest BCUT2D eigenvalue weighted by Gasteiger charge is 2.31. The average Bonchev–Trinajstić information content (AvgIpc) is 2.43. The summed E-state index contributed by atoms with van der Waals surface area (Å²) in [5.41, 5.74) is 1.42. The predicted octanol–water partition coefficient (Wildman–Crippen LogP) is 1.32. The van der Waals surface area contributed by atoms with Crippen LogP contribution in [0.4, 0.5) is 5.95 Å². The summed E-state index contributed by atoms with van der Waals surface area (Å²) >= 11 is 0. The lowest BCUT2D eigenvalue weighted by atomic mass is 9.81. The number of nitrogens with zero attached hydrogens (tertiary/aromatic N) is 3. The zero-order chi connectivity index (χ0) is 14.7. The van der Waals surface area contributed by atoms with Gasteiger partial charge in [-0.05, 0) is 33.1 Å². The van der Waals surface area contributed by atoms with E-state index in [2.05, 4.69) is 20.5 Å². The van der Waals surface area contributed by atoms with Gasteiger partial charge in [0.25, 0.3) is 0 Å². The van der Waals surface area contributed by atoms with Gasteiger partial charge in [0.15, 0.2) is 0 Å². The van der Waals surface area contributed by atoms with Gasteiger partial charge in [0, 0.05) is 5.92 Å². The minimum atomic E-state index is -0.827. The van der Waals surface area contributed by atoms with Crippen molar-refractivity contribution in [2.75, 3.05) is 5.32 Å². The number of hydrogen-bond acceptors (Lipinski definition) is 5. The van der Waals surface area contributed by atoms with E-state index in [9.17, 15) is 9.59 Å². The fraction of sp³-hybridized carbons (Fsp3) is 0.615. The van der Waals surface area contributed by atoms with Crippen molar-refractivity contribution >= 4 is 17.8 Å². The summed E-state index contributed by atoms with van der Waals surface area (Å²) in [5.74, 6) is -1.60. The molecule has 1 amide bonds. The summed E-state index contributed by atoms with van der Waals surface area (Å²) in [6.07, 6.45) is 2.47. The number of hydrogen-bond donors (Lipinski definition) is 2. The minimum Gasteiger partial charge on any atom is -0.481 e. The van der Waals surface area contributed by atoms with E-state index in [1.807, 2.05) is 0 Å². The van der Waals surface area contributed by atoms with Gasteiger partial charge in [-0.3, -0.25) is 14.9 Å². The molecule has 2 unspecified atom stereocenters. The fourth-order valence-corrected chi connectivity index (χ4v) is 2.37. The van der Waals surface area contributed by atoms with Crippen LogP contribution in [-0.4, -0.2) is 32.2 Å². The number of carbonyl (C=O) groups is 2. The van der Waals surface area contributed by atoms with Crippen molar-refractivity contribution in [1.82, 2.24) is 15.2 Å². The molecule has 7 nitrogen and oxygen atoms in total. The van der Waals surface area contributed by atoms with Crippen LogP contribution >= 0.6 is 0 Å². The van der Waals surface area contributed by atoms with Crippen molar-refractivity contribution in [3.05, 3.63) is 11.4 Å². The second-order valence-electron chi connectivity index (χ2n) is 5.19. The smallest absolute Gasteiger partial charge is 0.306 e. The summed E-state index contributed by atoms with van der Waals surface area (Å²) in [7, 11) is 0. The third-order valence-corrected chi connectivity index (χ3v) is 3.72. The Morgan fingerprint density at radius 1 is 1.15 bits per heavy atom. The maximum Gasteiger partial charge on any atom is 0.306 e. The zero-order valence-corrected chi connectivity index (χ0v) is 11.6. The molecule has 0 bridgehead atoms.